The summed E-state index contributed by atoms with van der Waals surface area (Å²) in [6, 6.07) is 8.83. The fraction of sp³-hybridized carbons (Fsp3) is 0.643. The van der Waals surface area contributed by atoms with Gasteiger partial charge in [0.05, 0.1) is 11.4 Å². The molecule has 0 N–H and O–H groups in total. The fourth-order valence-electron chi connectivity index (χ4n) is 4.11. The van der Waals surface area contributed by atoms with E-state index in [4.69, 9.17) is 0 Å². The van der Waals surface area contributed by atoms with Crippen LogP contribution in [0.4, 0.5) is 0 Å². The Hall–Kier alpha value is -0.221. The molecule has 0 aliphatic heterocycles. The Balaban J connectivity index is 0.00000172. The molecule has 0 saturated carbocycles. The third-order valence-corrected chi connectivity index (χ3v) is 6.05. The first kappa shape index (κ1) is 30.8. The monoisotopic (exact) mass is 629 g/mol. The van der Waals surface area contributed by atoms with Crippen molar-refractivity contribution in [1.29, 1.82) is 0 Å². The molecule has 191 valence electrons. The zero-order valence-electron chi connectivity index (χ0n) is 20.7. The van der Waals surface area contributed by atoms with Gasteiger partial charge in [-0.2, -0.15) is 0 Å². The van der Waals surface area contributed by atoms with E-state index >= 15 is 0 Å². The van der Waals surface area contributed by atoms with Gasteiger partial charge in [-0.15, -0.1) is 0 Å². The molecule has 2 aromatic heterocycles. The molecule has 2 nitrogen and oxygen atoms in total. The van der Waals surface area contributed by atoms with Crippen LogP contribution in [0.15, 0.2) is 36.7 Å². The van der Waals surface area contributed by atoms with Crippen molar-refractivity contribution in [3.05, 3.63) is 47.8 Å². The summed E-state index contributed by atoms with van der Waals surface area (Å²) in [5.74, 6) is 0. The van der Waals surface area contributed by atoms with Crippen LogP contribution < -0.4 is 0 Å². The average molecular weight is 632 g/mol. The van der Waals surface area contributed by atoms with Gasteiger partial charge in [0, 0.05) is 12.4 Å². The summed E-state index contributed by atoms with van der Waals surface area (Å²) in [5, 5.41) is 0. The standard InChI is InChI=1S/C28H44N2.2BrH.Cu/c1-3-5-7-9-11-13-15-17-25-19-21-29-27(23-25)28-24-26(20-22-30-28)18-16-14-12-10-8-6-4-2;;;/h19-24H,3-18H2,1-2H3;2*1H;/q;;;+2/p-2. The zero-order chi connectivity index (χ0) is 24.0. The predicted octanol–water partition coefficient (Wildman–Crippen LogP) is 10.4. The second-order valence-electron chi connectivity index (χ2n) is 8.88. The maximum absolute atomic E-state index is 4.60. The summed E-state index contributed by atoms with van der Waals surface area (Å²) >= 11 is 7.38. The molecular weight excluding hydrogens is 588 g/mol. The molecule has 0 saturated heterocycles. The molecule has 0 aromatic carbocycles. The summed E-state index contributed by atoms with van der Waals surface area (Å²) in [4.78, 5) is 9.21. The van der Waals surface area contributed by atoms with Crippen molar-refractivity contribution in [2.45, 2.75) is 117 Å². The molecule has 2 rings (SSSR count). The first-order valence-electron chi connectivity index (χ1n) is 13.0. The summed E-state index contributed by atoms with van der Waals surface area (Å²) < 4.78 is 0. The van der Waals surface area contributed by atoms with Gasteiger partial charge in [0.25, 0.3) is 0 Å². The number of hydrogen-bond donors (Lipinski definition) is 0. The van der Waals surface area contributed by atoms with Crippen molar-refractivity contribution in [3.63, 3.8) is 0 Å². The molecule has 33 heavy (non-hydrogen) atoms. The Morgan fingerprint density at radius 1 is 0.576 bits per heavy atom. The molecule has 2 aromatic rings. The Bertz CT molecular complexity index is 652. The maximum atomic E-state index is 4.60. The van der Waals surface area contributed by atoms with Gasteiger partial charge in [0.15, 0.2) is 0 Å². The van der Waals surface area contributed by atoms with E-state index in [1.165, 1.54) is 112 Å². The first-order chi connectivity index (χ1) is 16.2. The van der Waals surface area contributed by atoms with Crippen LogP contribution in [0.5, 0.6) is 0 Å². The third-order valence-electron chi connectivity index (χ3n) is 6.05. The molecule has 2 heterocycles. The van der Waals surface area contributed by atoms with E-state index in [2.05, 4.69) is 76.3 Å². The van der Waals surface area contributed by atoms with Crippen LogP contribution in [0.1, 0.15) is 115 Å². The van der Waals surface area contributed by atoms with E-state index in [1.54, 1.807) is 0 Å². The molecule has 5 heteroatoms. The van der Waals surface area contributed by atoms with Crippen LogP contribution in [-0.2, 0) is 24.2 Å². The van der Waals surface area contributed by atoms with Crippen LogP contribution in [0.2, 0.25) is 0 Å². The number of aromatic nitrogens is 2. The molecule has 0 fully saturated rings. The van der Waals surface area contributed by atoms with Crippen molar-refractivity contribution >= 4 is 28.2 Å². The minimum absolute atomic E-state index is 1.02. The quantitative estimate of drug-likeness (QED) is 0.128. The van der Waals surface area contributed by atoms with Crippen LogP contribution >= 0.6 is 28.2 Å². The van der Waals surface area contributed by atoms with Gasteiger partial charge < -0.3 is 0 Å². The molecule has 0 atom stereocenters. The average Bonchev–Trinajstić information content (AvgIpc) is 2.84. The number of aryl methyl sites for hydroxylation is 2. The summed E-state index contributed by atoms with van der Waals surface area (Å²) in [6.45, 7) is 4.56. The van der Waals surface area contributed by atoms with Gasteiger partial charge in [0.1, 0.15) is 0 Å². The van der Waals surface area contributed by atoms with Crippen molar-refractivity contribution < 1.29 is 11.3 Å². The van der Waals surface area contributed by atoms with Crippen molar-refractivity contribution in [3.8, 4) is 11.4 Å². The van der Waals surface area contributed by atoms with E-state index in [-0.39, 0.29) is 0 Å². The molecule has 0 bridgehead atoms. The van der Waals surface area contributed by atoms with E-state index in [0.717, 1.165) is 24.2 Å². The number of halogens is 2. The molecular formula is C28H44Br2CuN2. The normalized spacial score (nSPS) is 10.8. The topological polar surface area (TPSA) is 25.8 Å². The van der Waals surface area contributed by atoms with Gasteiger partial charge in [0.2, 0.25) is 0 Å². The van der Waals surface area contributed by atoms with Crippen LogP contribution in [0, 0.1) is 0 Å². The van der Waals surface area contributed by atoms with E-state index in [9.17, 15) is 0 Å². The molecule has 0 amide bonds. The van der Waals surface area contributed by atoms with E-state index in [0.29, 0.717) is 0 Å². The Morgan fingerprint density at radius 2 is 0.909 bits per heavy atom. The SMILES string of the molecule is CCCCCCCCCc1ccnc(-c2cc(CCCCCCCCC)ccn2)c1.[Br][Cu][Br]. The summed E-state index contributed by atoms with van der Waals surface area (Å²) in [6.07, 6.45) is 25.2. The Labute approximate surface area is 224 Å². The number of rotatable bonds is 17. The van der Waals surface area contributed by atoms with Crippen LogP contribution in [-0.4, -0.2) is 9.97 Å². The van der Waals surface area contributed by atoms with Gasteiger partial charge in [-0.25, -0.2) is 0 Å². The summed E-state index contributed by atoms with van der Waals surface area (Å²) in [7, 11) is 0. The molecule has 0 aliphatic rings. The second-order valence-corrected chi connectivity index (χ2v) is 13.6. The number of nitrogens with zero attached hydrogens (tertiary/aromatic N) is 2. The Morgan fingerprint density at radius 3 is 1.27 bits per heavy atom. The molecule has 0 unspecified atom stereocenters. The zero-order valence-corrected chi connectivity index (χ0v) is 24.8. The van der Waals surface area contributed by atoms with Crippen LogP contribution in [0.25, 0.3) is 11.4 Å². The van der Waals surface area contributed by atoms with Gasteiger partial charge >= 0.3 is 39.6 Å². The predicted molar refractivity (Wildman–Crippen MR) is 149 cm³/mol. The third kappa shape index (κ3) is 16.1. The van der Waals surface area contributed by atoms with Gasteiger partial charge in [-0.1, -0.05) is 90.9 Å². The molecule has 0 radical (unpaired) electrons. The second kappa shape index (κ2) is 22.3. The fourth-order valence-corrected chi connectivity index (χ4v) is 4.11. The van der Waals surface area contributed by atoms with E-state index < -0.39 is 0 Å². The number of hydrogen-bond acceptors (Lipinski definition) is 2. The van der Waals surface area contributed by atoms with E-state index in [1.807, 2.05) is 12.4 Å². The van der Waals surface area contributed by atoms with Crippen molar-refractivity contribution in [2.75, 3.05) is 0 Å². The number of unbranched alkanes of at least 4 members (excludes halogenated alkanes) is 12. The van der Waals surface area contributed by atoms with Crippen LogP contribution in [0.3, 0.4) is 0 Å². The van der Waals surface area contributed by atoms with Gasteiger partial charge in [-0.3, -0.25) is 9.97 Å². The van der Waals surface area contributed by atoms with Gasteiger partial charge in [-0.05, 0) is 61.1 Å². The molecule has 0 aliphatic carbocycles. The minimum atomic E-state index is 1.02. The number of pyridine rings is 2. The molecule has 0 spiro atoms. The Kier molecular flexibility index (Phi) is 20.8. The van der Waals surface area contributed by atoms with Crippen molar-refractivity contribution in [1.82, 2.24) is 9.97 Å². The first-order valence-corrected chi connectivity index (χ1v) is 17.6. The summed E-state index contributed by atoms with van der Waals surface area (Å²) in [5.41, 5.74) is 4.84. The van der Waals surface area contributed by atoms with Crippen molar-refractivity contribution in [2.24, 2.45) is 0 Å².